The van der Waals surface area contributed by atoms with E-state index in [2.05, 4.69) is 30.9 Å². The van der Waals surface area contributed by atoms with Crippen LogP contribution in [0.15, 0.2) is 14.4 Å². The predicted molar refractivity (Wildman–Crippen MR) is 177 cm³/mol. The minimum absolute atomic E-state index is 0.00534. The van der Waals surface area contributed by atoms with Crippen LogP contribution >= 0.6 is 0 Å². The smallest absolute Gasteiger partial charge is 0.303 e. The monoisotopic (exact) mass is 716 g/mol. The van der Waals surface area contributed by atoms with Crippen LogP contribution in [-0.4, -0.2) is 116 Å². The van der Waals surface area contributed by atoms with E-state index in [1.807, 2.05) is 0 Å². The van der Waals surface area contributed by atoms with Crippen LogP contribution in [0.2, 0.25) is 0 Å². The molecule has 0 saturated heterocycles. The number of aromatic hydroxyl groups is 3. The van der Waals surface area contributed by atoms with E-state index in [-0.39, 0.29) is 56.6 Å². The van der Waals surface area contributed by atoms with Crippen molar-refractivity contribution >= 4 is 23.7 Å². The molecular weight excluding hydrogens is 676 g/mol. The van der Waals surface area contributed by atoms with Crippen molar-refractivity contribution in [3.8, 4) is 17.2 Å². The highest BCUT2D eigenvalue weighted by atomic mass is 16.4. The second-order valence-corrected chi connectivity index (χ2v) is 11.6. The second kappa shape index (κ2) is 16.5. The number of carboxylic acid groups (broad SMARTS) is 1. The zero-order valence-corrected chi connectivity index (χ0v) is 28.8. The fourth-order valence-corrected chi connectivity index (χ4v) is 4.75. The van der Waals surface area contributed by atoms with Gasteiger partial charge in [0, 0.05) is 66.3 Å². The number of hydrogen-bond donors (Lipinski definition) is 7. The molecule has 0 spiro atoms. The standard InChI is InChI=1S/C30H40N10O11/c1-14-33-19(22(43)28(49)37(14)4)25(46)31-9-11-40(12-10-32-26(47)20-23(44)29(50)38(5)15(2)34-20)13-17(7-8-18(41)42)36-27(48)21-24(45)30(51)39(6)16(3)35-21/h17,43-45H,7-13H2,1-6H3,(H,31,46)(H,32,47)(H,36,48)(H,41,42). The van der Waals surface area contributed by atoms with Crippen LogP contribution in [0.5, 0.6) is 17.2 Å². The van der Waals surface area contributed by atoms with Gasteiger partial charge in [0.05, 0.1) is 0 Å². The van der Waals surface area contributed by atoms with E-state index in [4.69, 9.17) is 0 Å². The summed E-state index contributed by atoms with van der Waals surface area (Å²) >= 11 is 0. The number of nitrogens with one attached hydrogen (secondary N) is 3. The van der Waals surface area contributed by atoms with Crippen LogP contribution in [0.3, 0.4) is 0 Å². The van der Waals surface area contributed by atoms with Crippen molar-refractivity contribution in [3.63, 3.8) is 0 Å². The van der Waals surface area contributed by atoms with Gasteiger partial charge in [-0.05, 0) is 27.2 Å². The van der Waals surface area contributed by atoms with Crippen LogP contribution in [0, 0.1) is 20.8 Å². The molecule has 51 heavy (non-hydrogen) atoms. The predicted octanol–water partition coefficient (Wildman–Crippen LogP) is -2.87. The van der Waals surface area contributed by atoms with Crippen molar-refractivity contribution in [3.05, 3.63) is 65.6 Å². The molecule has 7 N–H and O–H groups in total. The molecule has 0 fully saturated rings. The summed E-state index contributed by atoms with van der Waals surface area (Å²) in [4.78, 5) is 101. The molecule has 0 aliphatic rings. The molecule has 1 atom stereocenters. The molecule has 0 radical (unpaired) electrons. The van der Waals surface area contributed by atoms with E-state index >= 15 is 0 Å². The van der Waals surface area contributed by atoms with Gasteiger partial charge in [0.2, 0.25) is 17.2 Å². The number of aromatic nitrogens is 6. The number of carbonyl (C=O) groups excluding carboxylic acids is 3. The third kappa shape index (κ3) is 9.32. The molecule has 1 unspecified atom stereocenters. The van der Waals surface area contributed by atoms with Gasteiger partial charge in [-0.1, -0.05) is 0 Å². The Bertz CT molecular complexity index is 1950. The summed E-state index contributed by atoms with van der Waals surface area (Å²) in [5, 5.41) is 47.7. The van der Waals surface area contributed by atoms with Gasteiger partial charge >= 0.3 is 5.97 Å². The number of carbonyl (C=O) groups is 4. The van der Waals surface area contributed by atoms with Crippen molar-refractivity contribution in [2.75, 3.05) is 32.7 Å². The van der Waals surface area contributed by atoms with Gasteiger partial charge in [0.25, 0.3) is 34.4 Å². The van der Waals surface area contributed by atoms with E-state index in [1.54, 1.807) is 4.90 Å². The SMILES string of the molecule is Cc1nc(C(=O)NCCN(CCNC(=O)c2nc(C)n(C)c(=O)c2O)CC(CCC(=O)O)NC(=O)c2nc(C)n(C)c(=O)c2O)c(O)c(=O)n1C. The number of aryl methyl sites for hydroxylation is 3. The summed E-state index contributed by atoms with van der Waals surface area (Å²) in [5.74, 6) is -6.07. The Hall–Kier alpha value is -6.12. The average molecular weight is 717 g/mol. The first-order valence-electron chi connectivity index (χ1n) is 15.5. The van der Waals surface area contributed by atoms with Gasteiger partial charge in [0.15, 0.2) is 17.1 Å². The van der Waals surface area contributed by atoms with Crippen molar-refractivity contribution in [2.24, 2.45) is 21.1 Å². The number of rotatable bonds is 15. The zero-order valence-electron chi connectivity index (χ0n) is 28.8. The molecule has 0 aliphatic carbocycles. The number of amides is 3. The van der Waals surface area contributed by atoms with Crippen LogP contribution in [0.25, 0.3) is 0 Å². The van der Waals surface area contributed by atoms with Gasteiger partial charge in [0.1, 0.15) is 17.5 Å². The average Bonchev–Trinajstić information content (AvgIpc) is 3.08. The van der Waals surface area contributed by atoms with Gasteiger partial charge in [-0.15, -0.1) is 0 Å². The molecule has 276 valence electrons. The summed E-state index contributed by atoms with van der Waals surface area (Å²) in [7, 11) is 4.09. The lowest BCUT2D eigenvalue weighted by Gasteiger charge is -2.28. The molecule has 0 aromatic carbocycles. The first-order valence-corrected chi connectivity index (χ1v) is 15.5. The third-order valence-electron chi connectivity index (χ3n) is 8.06. The van der Waals surface area contributed by atoms with E-state index in [0.717, 1.165) is 13.7 Å². The number of nitrogens with zero attached hydrogens (tertiary/aromatic N) is 7. The minimum Gasteiger partial charge on any atom is -0.501 e. The zero-order chi connectivity index (χ0) is 38.3. The molecule has 3 amide bonds. The van der Waals surface area contributed by atoms with E-state index in [1.165, 1.54) is 41.9 Å². The fraction of sp³-hybridized carbons (Fsp3) is 0.467. The van der Waals surface area contributed by atoms with Crippen LogP contribution in [0.1, 0.15) is 61.8 Å². The molecular formula is C30H40N10O11. The maximum Gasteiger partial charge on any atom is 0.303 e. The van der Waals surface area contributed by atoms with Gasteiger partial charge in [-0.25, -0.2) is 15.0 Å². The Kier molecular flexibility index (Phi) is 12.7. The van der Waals surface area contributed by atoms with E-state index < -0.39 is 87.2 Å². The van der Waals surface area contributed by atoms with Crippen LogP contribution in [0.4, 0.5) is 0 Å². The van der Waals surface area contributed by atoms with Crippen LogP contribution < -0.4 is 32.6 Å². The highest BCUT2D eigenvalue weighted by Gasteiger charge is 2.25. The Morgan fingerprint density at radius 2 is 1.02 bits per heavy atom. The fourth-order valence-electron chi connectivity index (χ4n) is 4.75. The molecule has 3 rings (SSSR count). The first kappa shape index (κ1) is 39.3. The normalized spacial score (nSPS) is 11.7. The van der Waals surface area contributed by atoms with Crippen molar-refractivity contribution in [1.82, 2.24) is 49.5 Å². The van der Waals surface area contributed by atoms with Gasteiger partial charge in [-0.3, -0.25) is 52.2 Å². The Labute approximate surface area is 289 Å². The molecule has 3 aromatic heterocycles. The second-order valence-electron chi connectivity index (χ2n) is 11.6. The Morgan fingerprint density at radius 1 is 0.667 bits per heavy atom. The van der Waals surface area contributed by atoms with E-state index in [9.17, 15) is 54.0 Å². The Balaban J connectivity index is 1.84. The minimum atomic E-state index is -1.18. The molecule has 0 bridgehead atoms. The van der Waals surface area contributed by atoms with E-state index in [0.29, 0.717) is 0 Å². The topological polar surface area (TPSA) is 293 Å². The van der Waals surface area contributed by atoms with Crippen molar-refractivity contribution in [1.29, 1.82) is 0 Å². The molecule has 3 heterocycles. The molecule has 3 aromatic rings. The lowest BCUT2D eigenvalue weighted by Crippen LogP contribution is -2.48. The molecule has 0 aliphatic heterocycles. The van der Waals surface area contributed by atoms with Crippen molar-refractivity contribution in [2.45, 2.75) is 39.7 Å². The summed E-state index contributed by atoms with van der Waals surface area (Å²) in [6.07, 6.45) is -0.530. The highest BCUT2D eigenvalue weighted by molar-refractivity contribution is 5.95. The Morgan fingerprint density at radius 3 is 1.37 bits per heavy atom. The largest absolute Gasteiger partial charge is 0.501 e. The maximum atomic E-state index is 13.2. The summed E-state index contributed by atoms with van der Waals surface area (Å²) in [6, 6.07) is -0.943. The lowest BCUT2D eigenvalue weighted by atomic mass is 10.1. The number of hydrogen-bond acceptors (Lipinski definition) is 14. The molecule has 21 heteroatoms. The third-order valence-corrected chi connectivity index (χ3v) is 8.06. The lowest BCUT2D eigenvalue weighted by molar-refractivity contribution is -0.137. The number of aliphatic carboxylic acids is 1. The molecule has 21 nitrogen and oxygen atoms in total. The quantitative estimate of drug-likeness (QED) is 0.0832. The van der Waals surface area contributed by atoms with Crippen molar-refractivity contribution < 1.29 is 39.6 Å². The summed E-state index contributed by atoms with van der Waals surface area (Å²) in [5.41, 5.74) is -4.12. The highest BCUT2D eigenvalue weighted by Crippen LogP contribution is 2.12. The molecule has 0 saturated carbocycles. The van der Waals surface area contributed by atoms with Crippen LogP contribution in [-0.2, 0) is 25.9 Å². The summed E-state index contributed by atoms with van der Waals surface area (Å²) in [6.45, 7) is 4.00. The maximum absolute atomic E-state index is 13.2. The number of carboxylic acids is 1. The van der Waals surface area contributed by atoms with Gasteiger partial charge in [-0.2, -0.15) is 0 Å². The van der Waals surface area contributed by atoms with Gasteiger partial charge < -0.3 is 36.4 Å². The summed E-state index contributed by atoms with van der Waals surface area (Å²) < 4.78 is 3.15. The first-order chi connectivity index (χ1) is 23.8.